The van der Waals surface area contributed by atoms with Gasteiger partial charge in [-0.2, -0.15) is 0 Å². The summed E-state index contributed by atoms with van der Waals surface area (Å²) >= 11 is 0. The number of halogens is 1. The number of nitrogens with one attached hydrogen (secondary N) is 3. The Hall–Kier alpha value is -3.40. The molecule has 2 aromatic heterocycles. The number of methoxy groups -OCH3 is 1. The summed E-state index contributed by atoms with van der Waals surface area (Å²) in [6, 6.07) is 6.62. The normalized spacial score (nSPS) is 23.1. The highest BCUT2D eigenvalue weighted by Crippen LogP contribution is 2.33. The van der Waals surface area contributed by atoms with Crippen LogP contribution >= 0.6 is 0 Å². The second-order valence-electron chi connectivity index (χ2n) is 7.73. The molecule has 0 radical (unpaired) electrons. The maximum Gasteiger partial charge on any atom is 0.328 e. The van der Waals surface area contributed by atoms with E-state index >= 15 is 0 Å². The van der Waals surface area contributed by atoms with Crippen molar-refractivity contribution in [1.29, 1.82) is 0 Å². The lowest BCUT2D eigenvalue weighted by molar-refractivity contribution is 0.0273. The van der Waals surface area contributed by atoms with Gasteiger partial charge in [0.25, 0.3) is 0 Å². The van der Waals surface area contributed by atoms with Crippen molar-refractivity contribution in [2.75, 3.05) is 24.8 Å². The minimum absolute atomic E-state index is 0.207. The first kappa shape index (κ1) is 19.6. The molecule has 2 aliphatic rings. The molecule has 9 nitrogen and oxygen atoms in total. The second kappa shape index (κ2) is 7.69. The number of amides is 1. The van der Waals surface area contributed by atoms with E-state index in [0.717, 1.165) is 5.56 Å². The van der Waals surface area contributed by atoms with Crippen molar-refractivity contribution < 1.29 is 18.7 Å². The highest BCUT2D eigenvalue weighted by atomic mass is 19.1. The van der Waals surface area contributed by atoms with Gasteiger partial charge < -0.3 is 25.4 Å². The van der Waals surface area contributed by atoms with Gasteiger partial charge in [0.2, 0.25) is 0 Å². The summed E-state index contributed by atoms with van der Waals surface area (Å²) in [6.45, 7) is 0.285. The molecule has 1 aliphatic heterocycles. The first-order valence-corrected chi connectivity index (χ1v) is 10.1. The van der Waals surface area contributed by atoms with Gasteiger partial charge in [0, 0.05) is 26.0 Å². The number of carbonyl (C=O) groups excluding carboxylic acids is 1. The molecule has 0 unspecified atom stereocenters. The molecule has 3 N–H and O–H groups in total. The summed E-state index contributed by atoms with van der Waals surface area (Å²) in [4.78, 5) is 22.0. The van der Waals surface area contributed by atoms with Crippen molar-refractivity contribution >= 4 is 34.4 Å². The lowest BCUT2D eigenvalue weighted by Crippen LogP contribution is -2.43. The molecule has 3 atom stereocenters. The van der Waals surface area contributed by atoms with Gasteiger partial charge in [-0.15, -0.1) is 0 Å². The Balaban J connectivity index is 1.66. The van der Waals surface area contributed by atoms with Crippen LogP contribution in [0.3, 0.4) is 0 Å². The van der Waals surface area contributed by atoms with Crippen LogP contribution in [0.1, 0.15) is 18.4 Å². The van der Waals surface area contributed by atoms with Gasteiger partial charge in [-0.3, -0.25) is 0 Å². The third kappa shape index (κ3) is 3.52. The minimum Gasteiger partial charge on any atom is -0.495 e. The van der Waals surface area contributed by atoms with Crippen molar-refractivity contribution in [2.24, 2.45) is 0 Å². The van der Waals surface area contributed by atoms with Gasteiger partial charge in [0.1, 0.15) is 29.6 Å². The van der Waals surface area contributed by atoms with Gasteiger partial charge in [-0.25, -0.2) is 23.7 Å². The molecule has 3 aromatic rings. The molecule has 1 aromatic carbocycles. The summed E-state index contributed by atoms with van der Waals surface area (Å²) in [5.74, 6) is 1.15. The van der Waals surface area contributed by atoms with Gasteiger partial charge in [-0.05, 0) is 17.7 Å². The molecule has 3 heterocycles. The molecular weight excluding hydrogens is 403 g/mol. The first-order chi connectivity index (χ1) is 15.1. The molecule has 1 amide bonds. The number of carbonyl (C=O) groups is 1. The number of alkyl halides is 1. The van der Waals surface area contributed by atoms with Crippen molar-refractivity contribution in [2.45, 2.75) is 37.8 Å². The van der Waals surface area contributed by atoms with E-state index in [9.17, 15) is 9.18 Å². The van der Waals surface area contributed by atoms with E-state index < -0.39 is 24.3 Å². The fourth-order valence-corrected chi connectivity index (χ4v) is 4.18. The van der Waals surface area contributed by atoms with Crippen LogP contribution in [0, 0.1) is 0 Å². The fourth-order valence-electron chi connectivity index (χ4n) is 4.18. The average molecular weight is 426 g/mol. The number of benzene rings is 1. The van der Waals surface area contributed by atoms with E-state index in [1.807, 2.05) is 24.3 Å². The maximum absolute atomic E-state index is 14.2. The number of aromatic nitrogens is 3. The smallest absolute Gasteiger partial charge is 0.328 e. The Morgan fingerprint density at radius 1 is 1.32 bits per heavy atom. The van der Waals surface area contributed by atoms with E-state index in [1.165, 1.54) is 10.9 Å². The van der Waals surface area contributed by atoms with Crippen LogP contribution in [0.5, 0.6) is 5.75 Å². The molecule has 0 spiro atoms. The molecule has 5 rings (SSSR count). The number of nitrogens with zero attached hydrogens (tertiary/aromatic N) is 3. The summed E-state index contributed by atoms with van der Waals surface area (Å²) in [5, 5.41) is 9.27. The number of imidazole rings is 1. The van der Waals surface area contributed by atoms with Crippen LogP contribution in [-0.4, -0.2) is 53.0 Å². The lowest BCUT2D eigenvalue weighted by Gasteiger charge is -2.22. The first-order valence-electron chi connectivity index (χ1n) is 10.1. The van der Waals surface area contributed by atoms with Crippen LogP contribution in [0.2, 0.25) is 0 Å². The van der Waals surface area contributed by atoms with Crippen LogP contribution in [0.25, 0.3) is 11.2 Å². The van der Waals surface area contributed by atoms with Crippen molar-refractivity contribution in [3.05, 3.63) is 36.2 Å². The zero-order valence-corrected chi connectivity index (χ0v) is 17.2. The molecule has 0 saturated heterocycles. The largest absolute Gasteiger partial charge is 0.495 e. The van der Waals surface area contributed by atoms with Gasteiger partial charge in [0.05, 0.1) is 37.2 Å². The highest BCUT2D eigenvalue weighted by Gasteiger charge is 2.37. The van der Waals surface area contributed by atoms with E-state index in [-0.39, 0.29) is 19.4 Å². The van der Waals surface area contributed by atoms with Crippen LogP contribution in [-0.2, 0) is 11.3 Å². The molecule has 10 heteroatoms. The molecule has 1 fully saturated rings. The zero-order chi connectivity index (χ0) is 21.5. The maximum atomic E-state index is 14.2. The van der Waals surface area contributed by atoms with Gasteiger partial charge >= 0.3 is 6.03 Å². The van der Waals surface area contributed by atoms with E-state index in [2.05, 4.69) is 25.9 Å². The minimum atomic E-state index is -1.03. The van der Waals surface area contributed by atoms with Crippen molar-refractivity contribution in [1.82, 2.24) is 19.9 Å². The van der Waals surface area contributed by atoms with Crippen LogP contribution in [0.4, 0.5) is 26.4 Å². The van der Waals surface area contributed by atoms with E-state index in [4.69, 9.17) is 9.47 Å². The molecule has 31 heavy (non-hydrogen) atoms. The van der Waals surface area contributed by atoms with E-state index in [0.29, 0.717) is 34.1 Å². The standard InChI is InChI=1S/C21H23FN6O3/c1-23-15-8-18-25-13-5-11(3-4-16(13)30-2)9-31-17-7-12(22)6-14(17)26-21(29)28-10-24-19(15)20(28)27-18/h3-5,8,10,12,14,17H,6-7,9H2,1-2H3,(H,26,29)(H2,23,25,27)/t12-,14-,17-/m0/s1. The molecule has 162 valence electrons. The monoisotopic (exact) mass is 426 g/mol. The lowest BCUT2D eigenvalue weighted by atomic mass is 10.1. The quantitative estimate of drug-likeness (QED) is 0.578. The molecular formula is C21H23FN6O3. The fraction of sp³-hybridized carbons (Fsp3) is 0.381. The van der Waals surface area contributed by atoms with Crippen LogP contribution < -0.4 is 20.7 Å². The number of rotatable bonds is 2. The predicted octanol–water partition coefficient (Wildman–Crippen LogP) is 3.18. The number of pyridine rings is 1. The predicted molar refractivity (Wildman–Crippen MR) is 114 cm³/mol. The topological polar surface area (TPSA) is 102 Å². The third-order valence-electron chi connectivity index (χ3n) is 5.74. The summed E-state index contributed by atoms with van der Waals surface area (Å²) in [5.41, 5.74) is 3.25. The summed E-state index contributed by atoms with van der Waals surface area (Å²) < 4.78 is 27.0. The number of hydrogen-bond acceptors (Lipinski definition) is 7. The number of hydrogen-bond donors (Lipinski definition) is 3. The zero-order valence-electron chi connectivity index (χ0n) is 17.2. The Morgan fingerprint density at radius 2 is 2.19 bits per heavy atom. The average Bonchev–Trinajstić information content (AvgIpc) is 3.34. The summed E-state index contributed by atoms with van der Waals surface area (Å²) in [6.07, 6.45) is 0.413. The SMILES string of the molecule is CNc1cc2nc3c1ncn3C(=O)N[C@H]1C[C@H](F)C[C@@H]1OCc1ccc(OC)c(c1)N2. The van der Waals surface area contributed by atoms with Gasteiger partial charge in [0.15, 0.2) is 5.65 Å². The Labute approximate surface area is 178 Å². The number of ether oxygens (including phenoxy) is 2. The number of anilines is 3. The van der Waals surface area contributed by atoms with Gasteiger partial charge in [-0.1, -0.05) is 6.07 Å². The van der Waals surface area contributed by atoms with Crippen LogP contribution in [0.15, 0.2) is 30.6 Å². The Morgan fingerprint density at radius 3 is 3.00 bits per heavy atom. The summed E-state index contributed by atoms with van der Waals surface area (Å²) in [7, 11) is 3.37. The molecule has 1 aliphatic carbocycles. The molecule has 4 bridgehead atoms. The second-order valence-corrected chi connectivity index (χ2v) is 7.73. The molecule has 1 saturated carbocycles. The third-order valence-corrected chi connectivity index (χ3v) is 5.74. The van der Waals surface area contributed by atoms with E-state index in [1.54, 1.807) is 14.2 Å². The van der Waals surface area contributed by atoms with Crippen molar-refractivity contribution in [3.8, 4) is 5.75 Å². The van der Waals surface area contributed by atoms with Crippen molar-refractivity contribution in [3.63, 3.8) is 0 Å². The number of fused-ring (bicyclic) bond motifs is 4. The Bertz CT molecular complexity index is 1150. The Kier molecular flexibility index (Phi) is 4.85. The highest BCUT2D eigenvalue weighted by molar-refractivity contribution is 5.94.